The van der Waals surface area contributed by atoms with E-state index in [1.807, 2.05) is 24.3 Å². The van der Waals surface area contributed by atoms with E-state index in [0.717, 1.165) is 17.8 Å². The summed E-state index contributed by atoms with van der Waals surface area (Å²) in [7, 11) is 0. The molecule has 2 rings (SSSR count). The Labute approximate surface area is 115 Å². The Kier molecular flexibility index (Phi) is 4.05. The number of rotatable bonds is 3. The van der Waals surface area contributed by atoms with Crippen molar-refractivity contribution in [2.75, 3.05) is 5.32 Å². The second-order valence-electron chi connectivity index (χ2n) is 3.71. The first-order valence-corrected chi connectivity index (χ1v) is 6.41. The molecule has 1 N–H and O–H groups in total. The molecule has 0 fully saturated rings. The first-order valence-electron chi connectivity index (χ1n) is 5.33. The van der Waals surface area contributed by atoms with Crippen molar-refractivity contribution in [1.82, 2.24) is 0 Å². The largest absolute Gasteiger partial charge is 0.381 e. The summed E-state index contributed by atoms with van der Waals surface area (Å²) in [5, 5.41) is 3.36. The Balaban J connectivity index is 2.02. The molecular formula is C15H12IN. The SMILES string of the molecule is C#Cc1cccc(NCc2ccc(I)cc2)c1. The van der Waals surface area contributed by atoms with Crippen LogP contribution in [0.5, 0.6) is 0 Å². The van der Waals surface area contributed by atoms with Gasteiger partial charge in [0.25, 0.3) is 0 Å². The third-order valence-corrected chi connectivity index (χ3v) is 3.16. The summed E-state index contributed by atoms with van der Waals surface area (Å²) < 4.78 is 1.25. The van der Waals surface area contributed by atoms with E-state index < -0.39 is 0 Å². The smallest absolute Gasteiger partial charge is 0.0400 e. The number of nitrogens with one attached hydrogen (secondary N) is 1. The Morgan fingerprint density at radius 3 is 2.59 bits per heavy atom. The first-order chi connectivity index (χ1) is 8.28. The Morgan fingerprint density at radius 2 is 1.88 bits per heavy atom. The maximum atomic E-state index is 5.36. The molecule has 0 saturated heterocycles. The van der Waals surface area contributed by atoms with Crippen LogP contribution in [0, 0.1) is 15.9 Å². The predicted octanol–water partition coefficient (Wildman–Crippen LogP) is 3.88. The zero-order valence-electron chi connectivity index (χ0n) is 9.28. The Morgan fingerprint density at radius 1 is 1.12 bits per heavy atom. The number of anilines is 1. The fourth-order valence-corrected chi connectivity index (χ4v) is 1.88. The highest BCUT2D eigenvalue weighted by atomic mass is 127. The molecule has 17 heavy (non-hydrogen) atoms. The zero-order chi connectivity index (χ0) is 12.1. The lowest BCUT2D eigenvalue weighted by molar-refractivity contribution is 1.15. The minimum Gasteiger partial charge on any atom is -0.381 e. The van der Waals surface area contributed by atoms with Gasteiger partial charge in [0.2, 0.25) is 0 Å². The summed E-state index contributed by atoms with van der Waals surface area (Å²) >= 11 is 2.30. The molecule has 0 spiro atoms. The molecule has 0 radical (unpaired) electrons. The van der Waals surface area contributed by atoms with Gasteiger partial charge in [-0.2, -0.15) is 0 Å². The van der Waals surface area contributed by atoms with Gasteiger partial charge < -0.3 is 5.32 Å². The van der Waals surface area contributed by atoms with Gasteiger partial charge in [-0.3, -0.25) is 0 Å². The van der Waals surface area contributed by atoms with E-state index in [4.69, 9.17) is 6.42 Å². The van der Waals surface area contributed by atoms with Crippen LogP contribution in [-0.4, -0.2) is 0 Å². The van der Waals surface area contributed by atoms with E-state index in [0.29, 0.717) is 0 Å². The minimum atomic E-state index is 0.810. The van der Waals surface area contributed by atoms with Crippen LogP contribution in [0.2, 0.25) is 0 Å². The van der Waals surface area contributed by atoms with Crippen LogP contribution >= 0.6 is 22.6 Å². The molecule has 0 bridgehead atoms. The third-order valence-electron chi connectivity index (χ3n) is 2.44. The summed E-state index contributed by atoms with van der Waals surface area (Å²) in [5.41, 5.74) is 3.22. The minimum absolute atomic E-state index is 0.810. The zero-order valence-corrected chi connectivity index (χ0v) is 11.4. The summed E-state index contributed by atoms with van der Waals surface area (Å²) in [5.74, 6) is 2.63. The van der Waals surface area contributed by atoms with Gasteiger partial charge in [-0.05, 0) is 58.5 Å². The molecule has 0 saturated carbocycles. The van der Waals surface area contributed by atoms with Crippen LogP contribution in [0.4, 0.5) is 5.69 Å². The lowest BCUT2D eigenvalue weighted by Crippen LogP contribution is -1.99. The van der Waals surface area contributed by atoms with Gasteiger partial charge in [0.15, 0.2) is 0 Å². The van der Waals surface area contributed by atoms with Crippen LogP contribution in [0.25, 0.3) is 0 Å². The quantitative estimate of drug-likeness (QED) is 0.664. The van der Waals surface area contributed by atoms with E-state index in [9.17, 15) is 0 Å². The average Bonchev–Trinajstić information content (AvgIpc) is 2.38. The van der Waals surface area contributed by atoms with Gasteiger partial charge in [0.05, 0.1) is 0 Å². The molecule has 0 aliphatic rings. The van der Waals surface area contributed by atoms with Crippen molar-refractivity contribution in [2.45, 2.75) is 6.54 Å². The second kappa shape index (κ2) is 5.74. The van der Waals surface area contributed by atoms with E-state index in [2.05, 4.69) is 58.1 Å². The monoisotopic (exact) mass is 333 g/mol. The van der Waals surface area contributed by atoms with Crippen molar-refractivity contribution in [1.29, 1.82) is 0 Å². The van der Waals surface area contributed by atoms with Gasteiger partial charge in [-0.15, -0.1) is 6.42 Å². The van der Waals surface area contributed by atoms with Gasteiger partial charge in [0.1, 0.15) is 0 Å². The molecule has 2 heteroatoms. The van der Waals surface area contributed by atoms with Gasteiger partial charge in [-0.1, -0.05) is 24.1 Å². The topological polar surface area (TPSA) is 12.0 Å². The van der Waals surface area contributed by atoms with Crippen molar-refractivity contribution in [3.05, 3.63) is 63.2 Å². The van der Waals surface area contributed by atoms with Crippen LogP contribution in [0.1, 0.15) is 11.1 Å². The lowest BCUT2D eigenvalue weighted by Gasteiger charge is -2.07. The highest BCUT2D eigenvalue weighted by Crippen LogP contribution is 2.12. The average molecular weight is 333 g/mol. The number of halogens is 1. The molecule has 0 aliphatic carbocycles. The maximum absolute atomic E-state index is 5.36. The third kappa shape index (κ3) is 3.50. The highest BCUT2D eigenvalue weighted by Gasteiger charge is 1.95. The second-order valence-corrected chi connectivity index (χ2v) is 4.95. The molecule has 0 aromatic heterocycles. The fraction of sp³-hybridized carbons (Fsp3) is 0.0667. The van der Waals surface area contributed by atoms with Crippen molar-refractivity contribution < 1.29 is 0 Å². The van der Waals surface area contributed by atoms with E-state index in [-0.39, 0.29) is 0 Å². The van der Waals surface area contributed by atoms with E-state index in [1.165, 1.54) is 9.13 Å². The summed E-state index contributed by atoms with van der Waals surface area (Å²) in [6, 6.07) is 16.4. The molecule has 84 valence electrons. The van der Waals surface area contributed by atoms with Crippen molar-refractivity contribution in [3.8, 4) is 12.3 Å². The molecule has 0 atom stereocenters. The van der Waals surface area contributed by atoms with Crippen molar-refractivity contribution in [3.63, 3.8) is 0 Å². The molecule has 2 aromatic carbocycles. The standard InChI is InChI=1S/C15H12IN/c1-2-12-4-3-5-15(10-12)17-11-13-6-8-14(16)9-7-13/h1,3-10,17H,11H2. The Bertz CT molecular complexity index is 538. The highest BCUT2D eigenvalue weighted by molar-refractivity contribution is 14.1. The lowest BCUT2D eigenvalue weighted by atomic mass is 10.2. The molecule has 0 heterocycles. The Hall–Kier alpha value is -1.47. The number of hydrogen-bond acceptors (Lipinski definition) is 1. The normalized spacial score (nSPS) is 9.65. The molecule has 0 amide bonds. The number of terminal acetylenes is 1. The maximum Gasteiger partial charge on any atom is 0.0400 e. The van der Waals surface area contributed by atoms with Crippen LogP contribution in [0.15, 0.2) is 48.5 Å². The molecule has 0 unspecified atom stereocenters. The first kappa shape index (κ1) is 12.0. The van der Waals surface area contributed by atoms with Crippen LogP contribution < -0.4 is 5.32 Å². The van der Waals surface area contributed by atoms with Crippen molar-refractivity contribution >= 4 is 28.3 Å². The van der Waals surface area contributed by atoms with Crippen LogP contribution in [-0.2, 0) is 6.54 Å². The molecule has 2 aromatic rings. The summed E-state index contributed by atoms with van der Waals surface area (Å²) in [6.45, 7) is 0.810. The summed E-state index contributed by atoms with van der Waals surface area (Å²) in [4.78, 5) is 0. The van der Waals surface area contributed by atoms with E-state index >= 15 is 0 Å². The van der Waals surface area contributed by atoms with E-state index in [1.54, 1.807) is 0 Å². The number of benzene rings is 2. The number of hydrogen-bond donors (Lipinski definition) is 1. The molecule has 1 nitrogen and oxygen atoms in total. The fourth-order valence-electron chi connectivity index (χ4n) is 1.53. The predicted molar refractivity (Wildman–Crippen MR) is 80.9 cm³/mol. The van der Waals surface area contributed by atoms with Gasteiger partial charge in [0, 0.05) is 21.4 Å². The summed E-state index contributed by atoms with van der Waals surface area (Å²) in [6.07, 6.45) is 5.36. The van der Waals surface area contributed by atoms with Gasteiger partial charge >= 0.3 is 0 Å². The molecule has 0 aliphatic heterocycles. The van der Waals surface area contributed by atoms with Crippen LogP contribution in [0.3, 0.4) is 0 Å². The van der Waals surface area contributed by atoms with Crippen molar-refractivity contribution in [2.24, 2.45) is 0 Å². The molecular weight excluding hydrogens is 321 g/mol. The van der Waals surface area contributed by atoms with Gasteiger partial charge in [-0.25, -0.2) is 0 Å².